The van der Waals surface area contributed by atoms with E-state index < -0.39 is 0 Å². The van der Waals surface area contributed by atoms with Gasteiger partial charge in [-0.1, -0.05) is 11.3 Å². The Kier molecular flexibility index (Phi) is 3.38. The van der Waals surface area contributed by atoms with Crippen LogP contribution in [0.15, 0.2) is 22.1 Å². The zero-order valence-electron chi connectivity index (χ0n) is 10.1. The van der Waals surface area contributed by atoms with Crippen LogP contribution < -0.4 is 27.7 Å². The monoisotopic (exact) mass is 279 g/mol. The van der Waals surface area contributed by atoms with Gasteiger partial charge in [0.05, 0.1) is 17.5 Å². The van der Waals surface area contributed by atoms with Gasteiger partial charge >= 0.3 is 0 Å². The lowest BCUT2D eigenvalue weighted by Crippen LogP contribution is -2.26. The van der Waals surface area contributed by atoms with E-state index in [4.69, 9.17) is 27.7 Å². The van der Waals surface area contributed by atoms with Gasteiger partial charge in [0.15, 0.2) is 11.1 Å². The predicted molar refractivity (Wildman–Crippen MR) is 77.7 cm³/mol. The first kappa shape index (κ1) is 12.9. The van der Waals surface area contributed by atoms with Gasteiger partial charge in [0, 0.05) is 6.07 Å². The Hall–Kier alpha value is -2.55. The maximum atomic E-state index is 5.67. The number of fused-ring (bicyclic) bond motifs is 1. The molecule has 1 aromatic heterocycles. The Balaban J connectivity index is 2.53. The zero-order valence-corrected chi connectivity index (χ0v) is 10.9. The van der Waals surface area contributed by atoms with Crippen LogP contribution in [0.5, 0.6) is 5.75 Å². The van der Waals surface area contributed by atoms with Crippen LogP contribution in [0.4, 0.5) is 10.8 Å². The van der Waals surface area contributed by atoms with E-state index in [1.165, 1.54) is 18.4 Å². The molecule has 0 bridgehead atoms. The van der Waals surface area contributed by atoms with Gasteiger partial charge in [-0.05, 0) is 6.07 Å². The number of guanidine groups is 2. The van der Waals surface area contributed by atoms with E-state index in [-0.39, 0.29) is 11.9 Å². The molecule has 2 aromatic rings. The molecule has 0 spiro atoms. The molecule has 9 heteroatoms. The number of aromatic nitrogens is 1. The molecule has 0 saturated carbocycles. The molecule has 1 aromatic carbocycles. The second kappa shape index (κ2) is 4.98. The minimum absolute atomic E-state index is 0.0427. The quantitative estimate of drug-likeness (QED) is 0.452. The minimum atomic E-state index is -0.156. The highest BCUT2D eigenvalue weighted by Crippen LogP contribution is 2.35. The number of anilines is 1. The van der Waals surface area contributed by atoms with Gasteiger partial charge < -0.3 is 27.7 Å². The van der Waals surface area contributed by atoms with E-state index in [9.17, 15) is 0 Å². The normalized spacial score (nSPS) is 11.5. The number of ether oxygens (including phenoxy) is 1. The number of benzene rings is 1. The topological polar surface area (TPSA) is 151 Å². The Bertz CT molecular complexity index is 672. The van der Waals surface area contributed by atoms with Crippen LogP contribution in [-0.4, -0.2) is 24.0 Å². The van der Waals surface area contributed by atoms with Crippen LogP contribution in [0.1, 0.15) is 0 Å². The standard InChI is InChI=1S/C10H13N7OS/c1-18-5-2-4(15-9(13)17-8(11)12)3-6-7(5)16-10(14)19-6/h2-3H,1H3,(H2,14,16)(H6,11,12,13,15,17). The van der Waals surface area contributed by atoms with Crippen LogP contribution in [0.3, 0.4) is 0 Å². The molecule has 100 valence electrons. The molecular weight excluding hydrogens is 266 g/mol. The summed E-state index contributed by atoms with van der Waals surface area (Å²) in [5, 5.41) is 0.451. The largest absolute Gasteiger partial charge is 0.494 e. The van der Waals surface area contributed by atoms with Gasteiger partial charge in [-0.25, -0.2) is 9.98 Å². The summed E-state index contributed by atoms with van der Waals surface area (Å²) in [4.78, 5) is 11.9. The van der Waals surface area contributed by atoms with Gasteiger partial charge in [0.25, 0.3) is 0 Å². The van der Waals surface area contributed by atoms with Crippen LogP contribution in [0.25, 0.3) is 10.2 Å². The van der Waals surface area contributed by atoms with Gasteiger partial charge in [-0.15, -0.1) is 0 Å². The lowest BCUT2D eigenvalue weighted by Gasteiger charge is -2.02. The van der Waals surface area contributed by atoms with E-state index in [1.54, 1.807) is 12.1 Å². The summed E-state index contributed by atoms with van der Waals surface area (Å²) in [6, 6.07) is 3.46. The average molecular weight is 279 g/mol. The van der Waals surface area contributed by atoms with E-state index in [0.717, 1.165) is 4.70 Å². The maximum Gasteiger partial charge on any atom is 0.223 e. The van der Waals surface area contributed by atoms with E-state index in [1.807, 2.05) is 0 Å². The summed E-state index contributed by atoms with van der Waals surface area (Å²) >= 11 is 1.33. The Morgan fingerprint density at radius 2 is 2.05 bits per heavy atom. The molecule has 0 amide bonds. The van der Waals surface area contributed by atoms with Crippen molar-refractivity contribution in [2.45, 2.75) is 0 Å². The minimum Gasteiger partial charge on any atom is -0.494 e. The van der Waals surface area contributed by atoms with Gasteiger partial charge in [0.2, 0.25) is 5.96 Å². The van der Waals surface area contributed by atoms with Gasteiger partial charge in [0.1, 0.15) is 11.3 Å². The average Bonchev–Trinajstić information content (AvgIpc) is 2.66. The van der Waals surface area contributed by atoms with Crippen molar-refractivity contribution in [3.63, 3.8) is 0 Å². The summed E-state index contributed by atoms with van der Waals surface area (Å²) in [5.41, 5.74) is 22.9. The van der Waals surface area contributed by atoms with Crippen LogP contribution in [0.2, 0.25) is 0 Å². The van der Waals surface area contributed by atoms with E-state index >= 15 is 0 Å². The molecule has 0 aliphatic carbocycles. The van der Waals surface area contributed by atoms with Crippen molar-refractivity contribution in [2.75, 3.05) is 12.8 Å². The summed E-state index contributed by atoms with van der Waals surface area (Å²) in [5.74, 6) is 0.358. The van der Waals surface area contributed by atoms with Crippen molar-refractivity contribution >= 4 is 44.3 Å². The first-order valence-corrected chi connectivity index (χ1v) is 5.99. The predicted octanol–water partition coefficient (Wildman–Crippen LogP) is 0.107. The maximum absolute atomic E-state index is 5.67. The lowest BCUT2D eigenvalue weighted by molar-refractivity contribution is 0.419. The number of methoxy groups -OCH3 is 1. The van der Waals surface area contributed by atoms with Crippen molar-refractivity contribution in [2.24, 2.45) is 27.2 Å². The van der Waals surface area contributed by atoms with Gasteiger partial charge in [-0.2, -0.15) is 4.99 Å². The number of nitrogens with zero attached hydrogens (tertiary/aromatic N) is 3. The second-order valence-corrected chi connectivity index (χ2v) is 4.62. The van der Waals surface area contributed by atoms with Crippen molar-refractivity contribution in [3.8, 4) is 5.75 Å². The first-order valence-electron chi connectivity index (χ1n) is 5.17. The zero-order chi connectivity index (χ0) is 14.0. The van der Waals surface area contributed by atoms with Crippen molar-refractivity contribution in [1.82, 2.24) is 4.98 Å². The number of nitrogen functional groups attached to an aromatic ring is 1. The number of nitrogens with two attached hydrogens (primary N) is 4. The van der Waals surface area contributed by atoms with Gasteiger partial charge in [-0.3, -0.25) is 0 Å². The molecule has 1 heterocycles. The Labute approximate surface area is 112 Å². The van der Waals surface area contributed by atoms with Crippen molar-refractivity contribution in [1.29, 1.82) is 0 Å². The fourth-order valence-electron chi connectivity index (χ4n) is 1.51. The molecule has 0 radical (unpaired) electrons. The highest BCUT2D eigenvalue weighted by Gasteiger charge is 2.09. The number of thiazole rings is 1. The molecule has 19 heavy (non-hydrogen) atoms. The third-order valence-corrected chi connectivity index (χ3v) is 3.00. The van der Waals surface area contributed by atoms with Crippen LogP contribution >= 0.6 is 11.3 Å². The van der Waals surface area contributed by atoms with E-state index in [0.29, 0.717) is 22.1 Å². The molecule has 0 fully saturated rings. The highest BCUT2D eigenvalue weighted by atomic mass is 32.1. The van der Waals surface area contributed by atoms with Crippen LogP contribution in [-0.2, 0) is 0 Å². The summed E-state index contributed by atoms with van der Waals surface area (Å²) in [6.07, 6.45) is 0. The molecule has 0 aliphatic rings. The number of hydrogen-bond acceptors (Lipinski definition) is 5. The molecular formula is C10H13N7OS. The smallest absolute Gasteiger partial charge is 0.223 e. The fourth-order valence-corrected chi connectivity index (χ4v) is 2.30. The first-order chi connectivity index (χ1) is 8.99. The summed E-state index contributed by atoms with van der Waals surface area (Å²) in [6.45, 7) is 0. The SMILES string of the molecule is COc1cc(N=C(N)N=C(N)N)cc2sc(N)nc12. The van der Waals surface area contributed by atoms with Crippen molar-refractivity contribution < 1.29 is 4.74 Å². The molecule has 0 atom stereocenters. The fraction of sp³-hybridized carbons (Fsp3) is 0.100. The molecule has 8 nitrogen and oxygen atoms in total. The Morgan fingerprint density at radius 1 is 1.32 bits per heavy atom. The Morgan fingerprint density at radius 3 is 2.68 bits per heavy atom. The lowest BCUT2D eigenvalue weighted by atomic mass is 10.3. The summed E-state index contributed by atoms with van der Waals surface area (Å²) < 4.78 is 6.08. The van der Waals surface area contributed by atoms with Crippen LogP contribution in [0, 0.1) is 0 Å². The molecule has 8 N–H and O–H groups in total. The third-order valence-electron chi connectivity index (χ3n) is 2.17. The van der Waals surface area contributed by atoms with Crippen molar-refractivity contribution in [3.05, 3.63) is 12.1 Å². The molecule has 0 unspecified atom stereocenters. The molecule has 2 rings (SSSR count). The molecule has 0 aliphatic heterocycles. The van der Waals surface area contributed by atoms with E-state index in [2.05, 4.69) is 15.0 Å². The number of rotatable bonds is 2. The highest BCUT2D eigenvalue weighted by molar-refractivity contribution is 7.22. The molecule has 0 saturated heterocycles. The number of aliphatic imine (C=N–C) groups is 2. The number of hydrogen-bond donors (Lipinski definition) is 4. The summed E-state index contributed by atoms with van der Waals surface area (Å²) in [7, 11) is 1.54. The second-order valence-electron chi connectivity index (χ2n) is 3.55. The third kappa shape index (κ3) is 2.83.